The van der Waals surface area contributed by atoms with Crippen LogP contribution in [0.25, 0.3) is 0 Å². The highest BCUT2D eigenvalue weighted by molar-refractivity contribution is 5.85. The van der Waals surface area contributed by atoms with Crippen LogP contribution < -0.4 is 5.32 Å². The van der Waals surface area contributed by atoms with Crippen molar-refractivity contribution in [2.45, 2.75) is 46.2 Å². The van der Waals surface area contributed by atoms with E-state index < -0.39 is 23.3 Å². The van der Waals surface area contributed by atoms with Crippen molar-refractivity contribution in [2.75, 3.05) is 6.61 Å². The van der Waals surface area contributed by atoms with Gasteiger partial charge in [0.2, 0.25) is 0 Å². The van der Waals surface area contributed by atoms with Crippen molar-refractivity contribution in [2.24, 2.45) is 5.41 Å². The smallest absolute Gasteiger partial charge is 0.332 e. The Balaban J connectivity index is 1.83. The Morgan fingerprint density at radius 1 is 1.24 bits per heavy atom. The number of carbonyl (C=O) groups excluding carboxylic acids is 2. The Labute approximate surface area is 148 Å². The lowest BCUT2D eigenvalue weighted by atomic mass is 9.85. The van der Waals surface area contributed by atoms with Gasteiger partial charge in [0.15, 0.2) is 5.79 Å². The van der Waals surface area contributed by atoms with Gasteiger partial charge in [0.25, 0.3) is 5.91 Å². The van der Waals surface area contributed by atoms with Gasteiger partial charge >= 0.3 is 5.97 Å². The van der Waals surface area contributed by atoms with Gasteiger partial charge in [0.1, 0.15) is 12.7 Å². The van der Waals surface area contributed by atoms with E-state index in [9.17, 15) is 9.59 Å². The van der Waals surface area contributed by atoms with E-state index in [1.54, 1.807) is 13.8 Å². The molecule has 136 valence electrons. The van der Waals surface area contributed by atoms with Gasteiger partial charge in [-0.2, -0.15) is 0 Å². The fourth-order valence-corrected chi connectivity index (χ4v) is 2.37. The lowest BCUT2D eigenvalue weighted by Gasteiger charge is -2.44. The third-order valence-electron chi connectivity index (χ3n) is 3.81. The Kier molecular flexibility index (Phi) is 5.98. The van der Waals surface area contributed by atoms with Crippen molar-refractivity contribution in [3.05, 3.63) is 48.2 Å². The van der Waals surface area contributed by atoms with Gasteiger partial charge in [-0.15, -0.1) is 0 Å². The third kappa shape index (κ3) is 5.69. The Bertz CT molecular complexity index is 636. The number of nitrogens with one attached hydrogen (secondary N) is 1. The molecule has 1 aliphatic rings. The standard InChI is InChI=1S/C19H25NO5/c1-18(2)13-24-19(3,4)25-16(18)17(22)20-11-10-15(21)23-12-14-8-6-5-7-9-14/h5-11,16H,12-13H2,1-4H3,(H,20,22). The molecule has 0 bridgehead atoms. The van der Waals surface area contributed by atoms with E-state index in [2.05, 4.69) is 5.32 Å². The van der Waals surface area contributed by atoms with Crippen LogP contribution in [0, 0.1) is 5.41 Å². The van der Waals surface area contributed by atoms with Crippen molar-refractivity contribution in [3.63, 3.8) is 0 Å². The topological polar surface area (TPSA) is 73.9 Å². The Morgan fingerprint density at radius 3 is 2.60 bits per heavy atom. The van der Waals surface area contributed by atoms with Crippen molar-refractivity contribution >= 4 is 11.9 Å². The quantitative estimate of drug-likeness (QED) is 0.654. The van der Waals surface area contributed by atoms with E-state index in [4.69, 9.17) is 14.2 Å². The zero-order valence-electron chi connectivity index (χ0n) is 15.1. The van der Waals surface area contributed by atoms with Gasteiger partial charge in [-0.05, 0) is 19.4 Å². The summed E-state index contributed by atoms with van der Waals surface area (Å²) < 4.78 is 16.4. The van der Waals surface area contributed by atoms with E-state index >= 15 is 0 Å². The molecule has 1 atom stereocenters. The molecule has 2 rings (SSSR count). The number of carbonyl (C=O) groups is 2. The Hall–Kier alpha value is -2.18. The van der Waals surface area contributed by atoms with Crippen molar-refractivity contribution < 1.29 is 23.8 Å². The summed E-state index contributed by atoms with van der Waals surface area (Å²) in [7, 11) is 0. The monoisotopic (exact) mass is 347 g/mol. The molecule has 0 aliphatic carbocycles. The summed E-state index contributed by atoms with van der Waals surface area (Å²) in [5.74, 6) is -1.68. The highest BCUT2D eigenvalue weighted by atomic mass is 16.7. The first-order chi connectivity index (χ1) is 11.7. The normalized spacial score (nSPS) is 21.7. The summed E-state index contributed by atoms with van der Waals surface area (Å²) in [4.78, 5) is 24.1. The number of hydrogen-bond acceptors (Lipinski definition) is 5. The average molecular weight is 347 g/mol. The van der Waals surface area contributed by atoms with Gasteiger partial charge < -0.3 is 19.5 Å². The number of amides is 1. The lowest BCUT2D eigenvalue weighted by Crippen LogP contribution is -2.55. The molecule has 0 saturated carbocycles. The van der Waals surface area contributed by atoms with Crippen LogP contribution in [0.4, 0.5) is 0 Å². The molecule has 1 amide bonds. The average Bonchev–Trinajstić information content (AvgIpc) is 2.56. The minimum absolute atomic E-state index is 0.183. The minimum atomic E-state index is -0.824. The molecule has 6 nitrogen and oxygen atoms in total. The SMILES string of the molecule is CC1(C)OCC(C)(C)C(C(=O)NC=CC(=O)OCc2ccccc2)O1. The van der Waals surface area contributed by atoms with E-state index in [1.165, 1.54) is 12.3 Å². The fourth-order valence-electron chi connectivity index (χ4n) is 2.37. The van der Waals surface area contributed by atoms with Crippen molar-refractivity contribution in [1.29, 1.82) is 0 Å². The van der Waals surface area contributed by atoms with Gasteiger partial charge in [-0.25, -0.2) is 4.79 Å². The van der Waals surface area contributed by atoms with Crippen LogP contribution in [-0.4, -0.2) is 30.4 Å². The largest absolute Gasteiger partial charge is 0.458 e. The second-order valence-electron chi connectivity index (χ2n) is 7.11. The summed E-state index contributed by atoms with van der Waals surface area (Å²) in [6, 6.07) is 9.37. The molecule has 6 heteroatoms. The first-order valence-electron chi connectivity index (χ1n) is 8.19. The zero-order valence-corrected chi connectivity index (χ0v) is 15.1. The van der Waals surface area contributed by atoms with Crippen molar-refractivity contribution in [3.8, 4) is 0 Å². The van der Waals surface area contributed by atoms with Gasteiger partial charge in [-0.1, -0.05) is 44.2 Å². The third-order valence-corrected chi connectivity index (χ3v) is 3.81. The maximum atomic E-state index is 12.4. The molecular formula is C19H25NO5. The summed E-state index contributed by atoms with van der Waals surface area (Å²) in [5, 5.41) is 2.57. The van der Waals surface area contributed by atoms with Crippen molar-refractivity contribution in [1.82, 2.24) is 5.32 Å². The highest BCUT2D eigenvalue weighted by Crippen LogP contribution is 2.34. The molecule has 1 heterocycles. The molecular weight excluding hydrogens is 322 g/mol. The molecule has 1 aliphatic heterocycles. The fraction of sp³-hybridized carbons (Fsp3) is 0.474. The van der Waals surface area contributed by atoms with Gasteiger partial charge in [0, 0.05) is 17.7 Å². The van der Waals surface area contributed by atoms with Crippen LogP contribution in [0.2, 0.25) is 0 Å². The molecule has 1 fully saturated rings. The minimum Gasteiger partial charge on any atom is -0.458 e. The number of ether oxygens (including phenoxy) is 3. The van der Waals surface area contributed by atoms with Crippen LogP contribution in [-0.2, 0) is 30.4 Å². The summed E-state index contributed by atoms with van der Waals surface area (Å²) >= 11 is 0. The van der Waals surface area contributed by atoms with Crippen LogP contribution in [0.15, 0.2) is 42.6 Å². The maximum Gasteiger partial charge on any atom is 0.332 e. The number of hydrogen-bond donors (Lipinski definition) is 1. The molecule has 25 heavy (non-hydrogen) atoms. The molecule has 1 saturated heterocycles. The van der Waals surface area contributed by atoms with Crippen LogP contribution >= 0.6 is 0 Å². The molecule has 1 unspecified atom stereocenters. The van der Waals surface area contributed by atoms with E-state index in [1.807, 2.05) is 44.2 Å². The van der Waals surface area contributed by atoms with Gasteiger partial charge in [-0.3, -0.25) is 4.79 Å². The second kappa shape index (κ2) is 7.80. The van der Waals surface area contributed by atoms with Crippen LogP contribution in [0.5, 0.6) is 0 Å². The number of rotatable bonds is 5. The molecule has 1 N–H and O–H groups in total. The van der Waals surface area contributed by atoms with Crippen LogP contribution in [0.3, 0.4) is 0 Å². The predicted octanol–water partition coefficient (Wildman–Crippen LogP) is 2.54. The number of esters is 1. The Morgan fingerprint density at radius 2 is 1.92 bits per heavy atom. The summed E-state index contributed by atoms with van der Waals surface area (Å²) in [5.41, 5.74) is 0.425. The highest BCUT2D eigenvalue weighted by Gasteiger charge is 2.45. The maximum absolute atomic E-state index is 12.4. The van der Waals surface area contributed by atoms with E-state index in [0.717, 1.165) is 5.56 Å². The molecule has 0 aromatic heterocycles. The molecule has 1 aromatic carbocycles. The molecule has 1 aromatic rings. The lowest BCUT2D eigenvalue weighted by molar-refractivity contribution is -0.303. The predicted molar refractivity (Wildman–Crippen MR) is 92.2 cm³/mol. The summed E-state index contributed by atoms with van der Waals surface area (Å²) in [6.07, 6.45) is 1.77. The van der Waals surface area contributed by atoms with E-state index in [-0.39, 0.29) is 12.5 Å². The van der Waals surface area contributed by atoms with Gasteiger partial charge in [0.05, 0.1) is 6.61 Å². The second-order valence-corrected chi connectivity index (χ2v) is 7.11. The first kappa shape index (κ1) is 19.1. The van der Waals surface area contributed by atoms with Crippen LogP contribution in [0.1, 0.15) is 33.3 Å². The first-order valence-corrected chi connectivity index (χ1v) is 8.19. The summed E-state index contributed by atoms with van der Waals surface area (Å²) in [6.45, 7) is 7.90. The zero-order chi connectivity index (χ0) is 18.5. The molecule has 0 spiro atoms. The number of benzene rings is 1. The van der Waals surface area contributed by atoms with E-state index in [0.29, 0.717) is 6.61 Å². The molecule has 0 radical (unpaired) electrons.